The Morgan fingerprint density at radius 1 is 0.949 bits per heavy atom. The number of nitrogens with one attached hydrogen (secondary N) is 2. The van der Waals surface area contributed by atoms with Crippen LogP contribution >= 0.6 is 11.8 Å². The van der Waals surface area contributed by atoms with Gasteiger partial charge in [-0.05, 0) is 60.6 Å². The van der Waals surface area contributed by atoms with Gasteiger partial charge in [0, 0.05) is 33.8 Å². The third-order valence-corrected chi connectivity index (χ3v) is 6.76. The minimum atomic E-state index is -0.541. The van der Waals surface area contributed by atoms with Crippen molar-refractivity contribution in [2.24, 2.45) is 0 Å². The second-order valence-corrected chi connectivity index (χ2v) is 9.67. The average Bonchev–Trinajstić information content (AvgIpc) is 3.39. The molecule has 2 amide bonds. The number of fused-ring (bicyclic) bond motifs is 1. The Morgan fingerprint density at radius 2 is 1.74 bits per heavy atom. The Bertz CT molecular complexity index is 1700. The smallest absolute Gasteiger partial charge is 0.281 e. The number of anilines is 2. The van der Waals surface area contributed by atoms with Crippen molar-refractivity contribution in [2.45, 2.75) is 24.0 Å². The van der Waals surface area contributed by atoms with Gasteiger partial charge in [0.15, 0.2) is 0 Å². The molecule has 0 saturated heterocycles. The molecule has 3 N–H and O–H groups in total. The van der Waals surface area contributed by atoms with Crippen LogP contribution in [0.2, 0.25) is 0 Å². The van der Waals surface area contributed by atoms with Gasteiger partial charge in [0.05, 0.1) is 18.4 Å². The molecule has 0 aliphatic rings. The van der Waals surface area contributed by atoms with Crippen LogP contribution in [0.1, 0.15) is 22.8 Å². The van der Waals surface area contributed by atoms with Gasteiger partial charge >= 0.3 is 0 Å². The molecule has 196 valence electrons. The van der Waals surface area contributed by atoms with Crippen molar-refractivity contribution < 1.29 is 23.8 Å². The van der Waals surface area contributed by atoms with Crippen LogP contribution in [0.3, 0.4) is 0 Å². The number of aromatic nitrogens is 2. The molecule has 0 bridgehead atoms. The number of phenols is 1. The minimum Gasteiger partial charge on any atom is -0.506 e. The molecule has 1 aromatic heterocycles. The van der Waals surface area contributed by atoms with E-state index < -0.39 is 5.91 Å². The largest absolute Gasteiger partial charge is 0.506 e. The van der Waals surface area contributed by atoms with Gasteiger partial charge in [-0.15, -0.1) is 10.2 Å². The first-order valence-electron chi connectivity index (χ1n) is 11.9. The molecule has 0 aliphatic heterocycles. The monoisotopic (exact) mass is 540 g/mol. The van der Waals surface area contributed by atoms with E-state index in [0.29, 0.717) is 38.7 Å². The summed E-state index contributed by atoms with van der Waals surface area (Å²) in [5, 5.41) is 26.3. The summed E-state index contributed by atoms with van der Waals surface area (Å²) < 4.78 is 11.3. The summed E-state index contributed by atoms with van der Waals surface area (Å²) in [5.74, 6) is -0.235. The summed E-state index contributed by atoms with van der Waals surface area (Å²) in [6, 6.07) is 21.4. The number of methoxy groups -OCH3 is 1. The summed E-state index contributed by atoms with van der Waals surface area (Å²) in [4.78, 5) is 25.9. The molecule has 39 heavy (non-hydrogen) atoms. The molecule has 0 atom stereocenters. The van der Waals surface area contributed by atoms with Crippen LogP contribution in [0.4, 0.5) is 11.4 Å². The summed E-state index contributed by atoms with van der Waals surface area (Å²) in [7, 11) is 1.51. The number of carbonyl (C=O) groups excluding carboxylic acids is 2. The first-order valence-corrected chi connectivity index (χ1v) is 12.7. The van der Waals surface area contributed by atoms with Crippen LogP contribution in [0, 0.1) is 6.92 Å². The standard InChI is InChI=1S/C29H24N4O5S/c1-16-12-13-23(37-3)22(14-16)31-27(36)20-15-24(25-19(26(20)35)10-7-11-21(25)30-17(2)34)39-29-33-32-28(38-29)18-8-5-4-6-9-18/h4-15,35H,1-3H3,(H,30,34)(H,31,36). The van der Waals surface area contributed by atoms with Gasteiger partial charge in [-0.25, -0.2) is 0 Å². The average molecular weight is 541 g/mol. The molecule has 0 radical (unpaired) electrons. The van der Waals surface area contributed by atoms with E-state index in [1.807, 2.05) is 43.3 Å². The van der Waals surface area contributed by atoms with E-state index in [-0.39, 0.29) is 22.4 Å². The number of nitrogens with zero attached hydrogens (tertiary/aromatic N) is 2. The zero-order chi connectivity index (χ0) is 27.5. The molecule has 0 saturated carbocycles. The summed E-state index contributed by atoms with van der Waals surface area (Å²) in [6.45, 7) is 3.29. The van der Waals surface area contributed by atoms with E-state index in [2.05, 4.69) is 20.8 Å². The van der Waals surface area contributed by atoms with Gasteiger partial charge in [-0.1, -0.05) is 36.4 Å². The van der Waals surface area contributed by atoms with Crippen molar-refractivity contribution in [3.8, 4) is 23.0 Å². The number of ether oxygens (including phenoxy) is 1. The zero-order valence-electron chi connectivity index (χ0n) is 21.3. The maximum Gasteiger partial charge on any atom is 0.281 e. The fourth-order valence-electron chi connectivity index (χ4n) is 4.13. The maximum absolute atomic E-state index is 13.5. The molecular weight excluding hydrogens is 516 g/mol. The molecule has 0 unspecified atom stereocenters. The highest BCUT2D eigenvalue weighted by atomic mass is 32.2. The lowest BCUT2D eigenvalue weighted by Crippen LogP contribution is -2.14. The van der Waals surface area contributed by atoms with E-state index in [1.165, 1.54) is 20.1 Å². The maximum atomic E-state index is 13.5. The van der Waals surface area contributed by atoms with Crippen LogP contribution in [0.25, 0.3) is 22.2 Å². The molecule has 0 spiro atoms. The Labute approximate surface area is 228 Å². The van der Waals surface area contributed by atoms with E-state index in [0.717, 1.165) is 22.9 Å². The highest BCUT2D eigenvalue weighted by molar-refractivity contribution is 7.99. The molecule has 0 fully saturated rings. The summed E-state index contributed by atoms with van der Waals surface area (Å²) in [6.07, 6.45) is 0. The predicted octanol–water partition coefficient (Wildman–Crippen LogP) is 6.27. The van der Waals surface area contributed by atoms with Crippen molar-refractivity contribution in [3.05, 3.63) is 83.9 Å². The number of hydrogen-bond donors (Lipinski definition) is 3. The van der Waals surface area contributed by atoms with Gasteiger partial charge in [-0.2, -0.15) is 0 Å². The SMILES string of the molecule is COc1ccc(C)cc1NC(=O)c1cc(Sc2nnc(-c3ccccc3)o2)c2c(NC(C)=O)cccc2c1O. The van der Waals surface area contributed by atoms with Crippen molar-refractivity contribution in [3.63, 3.8) is 0 Å². The lowest BCUT2D eigenvalue weighted by atomic mass is 10.0. The topological polar surface area (TPSA) is 127 Å². The number of carbonyl (C=O) groups is 2. The lowest BCUT2D eigenvalue weighted by Gasteiger charge is -2.16. The second-order valence-electron chi connectivity index (χ2n) is 8.68. The zero-order valence-corrected chi connectivity index (χ0v) is 22.1. The van der Waals surface area contributed by atoms with Crippen LogP contribution in [0.5, 0.6) is 11.5 Å². The molecule has 4 aromatic carbocycles. The number of hydrogen-bond acceptors (Lipinski definition) is 8. The predicted molar refractivity (Wildman–Crippen MR) is 149 cm³/mol. The highest BCUT2D eigenvalue weighted by Gasteiger charge is 2.22. The third kappa shape index (κ3) is 5.41. The van der Waals surface area contributed by atoms with E-state index in [1.54, 1.807) is 30.3 Å². The second kappa shape index (κ2) is 10.9. The molecule has 1 heterocycles. The quantitative estimate of drug-likeness (QED) is 0.220. The fourth-order valence-corrected chi connectivity index (χ4v) is 5.02. The fraction of sp³-hybridized carbons (Fsp3) is 0.103. The van der Waals surface area contributed by atoms with Gasteiger partial charge in [0.2, 0.25) is 11.8 Å². The van der Waals surface area contributed by atoms with Crippen LogP contribution in [-0.2, 0) is 4.79 Å². The first kappa shape index (κ1) is 25.8. The molecule has 0 aliphatic carbocycles. The molecule has 5 aromatic rings. The first-order chi connectivity index (χ1) is 18.8. The van der Waals surface area contributed by atoms with Gasteiger partial charge in [-0.3, -0.25) is 9.59 Å². The Morgan fingerprint density at radius 3 is 2.49 bits per heavy atom. The highest BCUT2D eigenvalue weighted by Crippen LogP contribution is 2.43. The Balaban J connectivity index is 1.61. The Kier molecular flexibility index (Phi) is 7.20. The lowest BCUT2D eigenvalue weighted by molar-refractivity contribution is -0.114. The molecular formula is C29H24N4O5S. The number of benzene rings is 4. The number of amides is 2. The summed E-state index contributed by atoms with van der Waals surface area (Å²) in [5.41, 5.74) is 2.64. The minimum absolute atomic E-state index is 0.0244. The van der Waals surface area contributed by atoms with Crippen molar-refractivity contribution in [1.82, 2.24) is 10.2 Å². The van der Waals surface area contributed by atoms with E-state index in [9.17, 15) is 14.7 Å². The number of rotatable bonds is 7. The van der Waals surface area contributed by atoms with Gasteiger partial charge < -0.3 is 24.9 Å². The van der Waals surface area contributed by atoms with Crippen LogP contribution < -0.4 is 15.4 Å². The molecule has 9 nitrogen and oxygen atoms in total. The number of aromatic hydroxyl groups is 1. The van der Waals surface area contributed by atoms with Crippen LogP contribution in [0.15, 0.2) is 87.3 Å². The summed E-state index contributed by atoms with van der Waals surface area (Å²) >= 11 is 1.12. The normalized spacial score (nSPS) is 10.8. The van der Waals surface area contributed by atoms with Gasteiger partial charge in [0.25, 0.3) is 11.1 Å². The molecule has 5 rings (SSSR count). The van der Waals surface area contributed by atoms with Crippen LogP contribution in [-0.4, -0.2) is 34.2 Å². The van der Waals surface area contributed by atoms with Crippen molar-refractivity contribution in [1.29, 1.82) is 0 Å². The Hall–Kier alpha value is -4.83. The molecule has 10 heteroatoms. The van der Waals surface area contributed by atoms with E-state index in [4.69, 9.17) is 9.15 Å². The number of aryl methyl sites for hydroxylation is 1. The number of phenolic OH excluding ortho intramolecular Hbond substituents is 1. The van der Waals surface area contributed by atoms with E-state index >= 15 is 0 Å². The van der Waals surface area contributed by atoms with Crippen molar-refractivity contribution >= 4 is 45.7 Å². The third-order valence-electron chi connectivity index (χ3n) is 5.88. The van der Waals surface area contributed by atoms with Crippen molar-refractivity contribution in [2.75, 3.05) is 17.7 Å². The van der Waals surface area contributed by atoms with Gasteiger partial charge in [0.1, 0.15) is 11.5 Å².